The van der Waals surface area contributed by atoms with Crippen molar-refractivity contribution in [3.63, 3.8) is 0 Å². The fraction of sp³-hybridized carbons (Fsp3) is 0.474. The Bertz CT molecular complexity index is 672. The molecule has 1 saturated heterocycles. The summed E-state index contributed by atoms with van der Waals surface area (Å²) >= 11 is 0. The lowest BCUT2D eigenvalue weighted by Crippen LogP contribution is -2.47. The van der Waals surface area contributed by atoms with Gasteiger partial charge in [0.05, 0.1) is 20.2 Å². The molecule has 1 fully saturated rings. The molecule has 1 aliphatic rings. The van der Waals surface area contributed by atoms with E-state index >= 15 is 0 Å². The molecule has 134 valence electrons. The Kier molecular flexibility index (Phi) is 6.06. The van der Waals surface area contributed by atoms with Crippen LogP contribution in [0.3, 0.4) is 0 Å². The molecule has 1 aliphatic heterocycles. The first kappa shape index (κ1) is 17.5. The van der Waals surface area contributed by atoms with E-state index in [9.17, 15) is 4.79 Å². The fourth-order valence-electron chi connectivity index (χ4n) is 3.38. The van der Waals surface area contributed by atoms with E-state index in [2.05, 4.69) is 15.3 Å². The van der Waals surface area contributed by atoms with Gasteiger partial charge in [-0.2, -0.15) is 5.10 Å². The van der Waals surface area contributed by atoms with Crippen LogP contribution in [0.5, 0.6) is 5.75 Å². The molecule has 25 heavy (non-hydrogen) atoms. The van der Waals surface area contributed by atoms with Crippen molar-refractivity contribution in [2.45, 2.75) is 38.4 Å². The second-order valence-electron chi connectivity index (χ2n) is 6.44. The maximum atomic E-state index is 12.4. The van der Waals surface area contributed by atoms with Crippen LogP contribution >= 0.6 is 0 Å². The second kappa shape index (κ2) is 8.67. The summed E-state index contributed by atoms with van der Waals surface area (Å²) in [5.41, 5.74) is 0.991. The first-order valence-electron chi connectivity index (χ1n) is 8.86. The molecule has 2 heterocycles. The van der Waals surface area contributed by atoms with Crippen LogP contribution in [0.4, 0.5) is 0 Å². The number of hydrogen-bond donors (Lipinski definition) is 1. The molecule has 1 atom stereocenters. The van der Waals surface area contributed by atoms with Crippen LogP contribution in [0, 0.1) is 0 Å². The Balaban J connectivity index is 1.53. The number of para-hydroxylation sites is 1. The number of hydrogen-bond acceptors (Lipinski definition) is 4. The number of rotatable bonds is 7. The molecule has 0 saturated carbocycles. The minimum atomic E-state index is 0.0540. The molecular formula is C19H26N4O2. The van der Waals surface area contributed by atoms with Crippen LogP contribution in [-0.2, 0) is 17.9 Å². The maximum Gasteiger partial charge on any atom is 0.234 e. The van der Waals surface area contributed by atoms with Gasteiger partial charge in [-0.05, 0) is 31.5 Å². The summed E-state index contributed by atoms with van der Waals surface area (Å²) in [6.45, 7) is 2.72. The van der Waals surface area contributed by atoms with Crippen LogP contribution < -0.4 is 10.1 Å². The van der Waals surface area contributed by atoms with Gasteiger partial charge in [-0.25, -0.2) is 0 Å². The standard InChI is InChI=1S/C19H26N4O2/c1-25-18-9-3-2-7-16(18)13-20-19(24)15-22-11-5-4-8-17(22)14-23-12-6-10-21-23/h2-3,6-7,9-10,12,17H,4-5,8,11,13-15H2,1H3,(H,20,24)/t17-/m1/s1. The monoisotopic (exact) mass is 342 g/mol. The molecule has 2 aromatic rings. The molecule has 0 aliphatic carbocycles. The van der Waals surface area contributed by atoms with Crippen LogP contribution in [-0.4, -0.2) is 46.8 Å². The minimum absolute atomic E-state index is 0.0540. The summed E-state index contributed by atoms with van der Waals surface area (Å²) in [4.78, 5) is 14.7. The maximum absolute atomic E-state index is 12.4. The normalized spacial score (nSPS) is 18.0. The Labute approximate surface area is 148 Å². The summed E-state index contributed by atoms with van der Waals surface area (Å²) in [5, 5.41) is 7.31. The number of methoxy groups -OCH3 is 1. The number of carbonyl (C=O) groups excluding carboxylic acids is 1. The fourth-order valence-corrected chi connectivity index (χ4v) is 3.38. The number of carbonyl (C=O) groups is 1. The second-order valence-corrected chi connectivity index (χ2v) is 6.44. The molecular weight excluding hydrogens is 316 g/mol. The third kappa shape index (κ3) is 4.82. The van der Waals surface area contributed by atoms with Crippen molar-refractivity contribution in [3.8, 4) is 5.75 Å². The Morgan fingerprint density at radius 1 is 1.32 bits per heavy atom. The third-order valence-electron chi connectivity index (χ3n) is 4.72. The van der Waals surface area contributed by atoms with Crippen molar-refractivity contribution >= 4 is 5.91 Å². The average Bonchev–Trinajstić information content (AvgIpc) is 3.15. The van der Waals surface area contributed by atoms with E-state index in [0.29, 0.717) is 19.1 Å². The molecule has 0 unspecified atom stereocenters. The lowest BCUT2D eigenvalue weighted by atomic mass is 10.0. The van der Waals surface area contributed by atoms with Crippen molar-refractivity contribution in [3.05, 3.63) is 48.3 Å². The number of benzene rings is 1. The number of likely N-dealkylation sites (tertiary alicyclic amines) is 1. The summed E-state index contributed by atoms with van der Waals surface area (Å²) in [6, 6.07) is 10.1. The molecule has 6 heteroatoms. The van der Waals surface area contributed by atoms with Gasteiger partial charge in [-0.15, -0.1) is 0 Å². The van der Waals surface area contributed by atoms with E-state index < -0.39 is 0 Å². The molecule has 0 spiro atoms. The smallest absolute Gasteiger partial charge is 0.234 e. The van der Waals surface area contributed by atoms with Gasteiger partial charge in [0.1, 0.15) is 5.75 Å². The Morgan fingerprint density at radius 2 is 2.20 bits per heavy atom. The zero-order valence-corrected chi connectivity index (χ0v) is 14.7. The zero-order chi connectivity index (χ0) is 17.5. The number of nitrogens with one attached hydrogen (secondary N) is 1. The number of amides is 1. The summed E-state index contributed by atoms with van der Waals surface area (Å²) in [5.74, 6) is 0.857. The topological polar surface area (TPSA) is 59.4 Å². The van der Waals surface area contributed by atoms with Gasteiger partial charge in [0.15, 0.2) is 0 Å². The summed E-state index contributed by atoms with van der Waals surface area (Å²) < 4.78 is 7.29. The molecule has 3 rings (SSSR count). The molecule has 1 N–H and O–H groups in total. The predicted molar refractivity (Wildman–Crippen MR) is 96.3 cm³/mol. The van der Waals surface area contributed by atoms with Gasteiger partial charge >= 0.3 is 0 Å². The molecule has 6 nitrogen and oxygen atoms in total. The van der Waals surface area contributed by atoms with Crippen LogP contribution in [0.15, 0.2) is 42.7 Å². The summed E-state index contributed by atoms with van der Waals surface area (Å²) in [7, 11) is 1.65. The van der Waals surface area contributed by atoms with E-state index in [0.717, 1.165) is 37.2 Å². The molecule has 1 aromatic carbocycles. The van der Waals surface area contributed by atoms with Gasteiger partial charge in [0.2, 0.25) is 5.91 Å². The van der Waals surface area contributed by atoms with Gasteiger partial charge in [0, 0.05) is 30.5 Å². The molecule has 1 amide bonds. The van der Waals surface area contributed by atoms with Gasteiger partial charge < -0.3 is 10.1 Å². The van der Waals surface area contributed by atoms with Crippen molar-refractivity contribution in [2.75, 3.05) is 20.2 Å². The zero-order valence-electron chi connectivity index (χ0n) is 14.7. The van der Waals surface area contributed by atoms with Crippen LogP contribution in [0.1, 0.15) is 24.8 Å². The van der Waals surface area contributed by atoms with E-state index in [-0.39, 0.29) is 5.91 Å². The number of aromatic nitrogens is 2. The van der Waals surface area contributed by atoms with E-state index in [4.69, 9.17) is 4.74 Å². The lowest BCUT2D eigenvalue weighted by molar-refractivity contribution is -0.123. The lowest BCUT2D eigenvalue weighted by Gasteiger charge is -2.35. The van der Waals surface area contributed by atoms with Crippen molar-refractivity contribution in [1.29, 1.82) is 0 Å². The van der Waals surface area contributed by atoms with Crippen LogP contribution in [0.2, 0.25) is 0 Å². The van der Waals surface area contributed by atoms with Crippen LogP contribution in [0.25, 0.3) is 0 Å². The SMILES string of the molecule is COc1ccccc1CNC(=O)CN1CCCC[C@@H]1Cn1cccn1. The Morgan fingerprint density at radius 3 is 3.00 bits per heavy atom. The first-order chi connectivity index (χ1) is 12.3. The number of nitrogens with zero attached hydrogens (tertiary/aromatic N) is 3. The van der Waals surface area contributed by atoms with Gasteiger partial charge in [-0.1, -0.05) is 24.6 Å². The number of ether oxygens (including phenoxy) is 1. The highest BCUT2D eigenvalue weighted by atomic mass is 16.5. The van der Waals surface area contributed by atoms with Gasteiger partial charge in [-0.3, -0.25) is 14.4 Å². The highest BCUT2D eigenvalue weighted by Gasteiger charge is 2.24. The Hall–Kier alpha value is -2.34. The van der Waals surface area contributed by atoms with E-state index in [1.54, 1.807) is 13.3 Å². The first-order valence-corrected chi connectivity index (χ1v) is 8.86. The molecule has 0 radical (unpaired) electrons. The molecule has 0 bridgehead atoms. The largest absolute Gasteiger partial charge is 0.496 e. The third-order valence-corrected chi connectivity index (χ3v) is 4.72. The molecule has 1 aromatic heterocycles. The quantitative estimate of drug-likeness (QED) is 0.837. The highest BCUT2D eigenvalue weighted by molar-refractivity contribution is 5.78. The minimum Gasteiger partial charge on any atom is -0.496 e. The van der Waals surface area contributed by atoms with E-state index in [1.165, 1.54) is 6.42 Å². The average molecular weight is 342 g/mol. The predicted octanol–water partition coefficient (Wildman–Crippen LogP) is 2.06. The van der Waals surface area contributed by atoms with E-state index in [1.807, 2.05) is 41.2 Å². The highest BCUT2D eigenvalue weighted by Crippen LogP contribution is 2.19. The summed E-state index contributed by atoms with van der Waals surface area (Å²) in [6.07, 6.45) is 7.25. The van der Waals surface area contributed by atoms with Crippen molar-refractivity contribution in [1.82, 2.24) is 20.0 Å². The van der Waals surface area contributed by atoms with Crippen molar-refractivity contribution < 1.29 is 9.53 Å². The van der Waals surface area contributed by atoms with Gasteiger partial charge in [0.25, 0.3) is 0 Å². The van der Waals surface area contributed by atoms with Crippen molar-refractivity contribution in [2.24, 2.45) is 0 Å². The number of piperidine rings is 1.